The lowest BCUT2D eigenvalue weighted by Crippen LogP contribution is -2.15. The zero-order valence-corrected chi connectivity index (χ0v) is 9.36. The van der Waals surface area contributed by atoms with E-state index in [2.05, 4.69) is 6.08 Å². The second-order valence-corrected chi connectivity index (χ2v) is 3.76. The summed E-state index contributed by atoms with van der Waals surface area (Å²) in [5.41, 5.74) is 0. The molecule has 0 aliphatic heterocycles. The molecule has 0 aromatic heterocycles. The summed E-state index contributed by atoms with van der Waals surface area (Å²) in [6.07, 6.45) is 8.18. The first-order chi connectivity index (χ1) is 7.20. The summed E-state index contributed by atoms with van der Waals surface area (Å²) in [6.45, 7) is 4.38. The van der Waals surface area contributed by atoms with Gasteiger partial charge in [-0.25, -0.2) is 0 Å². The lowest BCUT2D eigenvalue weighted by atomic mass is 10.2. The van der Waals surface area contributed by atoms with Crippen LogP contribution >= 0.6 is 0 Å². The van der Waals surface area contributed by atoms with E-state index in [1.54, 1.807) is 0 Å². The summed E-state index contributed by atoms with van der Waals surface area (Å²) in [6, 6.07) is 0. The van der Waals surface area contributed by atoms with E-state index in [4.69, 9.17) is 9.47 Å². The van der Waals surface area contributed by atoms with Crippen molar-refractivity contribution in [1.29, 1.82) is 0 Å². The van der Waals surface area contributed by atoms with Crippen molar-refractivity contribution in [1.82, 2.24) is 0 Å². The Hall–Kier alpha value is -1.25. The van der Waals surface area contributed by atoms with Crippen LogP contribution in [0.4, 0.5) is 0 Å². The number of hydrogen-bond donors (Lipinski definition) is 0. The van der Waals surface area contributed by atoms with E-state index in [-0.39, 0.29) is 11.9 Å². The Morgan fingerprint density at radius 1 is 1.40 bits per heavy atom. The summed E-state index contributed by atoms with van der Waals surface area (Å²) in [7, 11) is 0. The van der Waals surface area contributed by atoms with Gasteiger partial charge in [0, 0.05) is 0 Å². The molecule has 3 nitrogen and oxygen atoms in total. The average Bonchev–Trinajstić information content (AvgIpc) is 2.25. The highest BCUT2D eigenvalue weighted by Gasteiger charge is 2.07. The van der Waals surface area contributed by atoms with Crippen molar-refractivity contribution in [3.8, 4) is 0 Å². The maximum absolute atomic E-state index is 11.1. The molecule has 15 heavy (non-hydrogen) atoms. The molecule has 0 bridgehead atoms. The normalized spacial score (nSPS) is 15.0. The van der Waals surface area contributed by atoms with Gasteiger partial charge in [-0.15, -0.1) is 0 Å². The predicted molar refractivity (Wildman–Crippen MR) is 58.2 cm³/mol. The zero-order chi connectivity index (χ0) is 11.1. The summed E-state index contributed by atoms with van der Waals surface area (Å²) in [4.78, 5) is 11.1. The fourth-order valence-electron chi connectivity index (χ4n) is 1.16. The minimum Gasteiger partial charge on any atom is -0.490 e. The third-order valence-electron chi connectivity index (χ3n) is 2.03. The van der Waals surface area contributed by atoms with E-state index >= 15 is 0 Å². The smallest absolute Gasteiger partial charge is 0.308 e. The van der Waals surface area contributed by atoms with Gasteiger partial charge in [-0.3, -0.25) is 4.79 Å². The van der Waals surface area contributed by atoms with Crippen LogP contribution in [0.1, 0.15) is 26.7 Å². The van der Waals surface area contributed by atoms with Gasteiger partial charge < -0.3 is 9.47 Å². The highest BCUT2D eigenvalue weighted by Crippen LogP contribution is 2.10. The highest BCUT2D eigenvalue weighted by molar-refractivity contribution is 5.71. The quantitative estimate of drug-likeness (QED) is 0.516. The van der Waals surface area contributed by atoms with Gasteiger partial charge in [0.15, 0.2) is 0 Å². The fourth-order valence-corrected chi connectivity index (χ4v) is 1.16. The summed E-state index contributed by atoms with van der Waals surface area (Å²) < 4.78 is 10.4. The van der Waals surface area contributed by atoms with Gasteiger partial charge in [-0.05, 0) is 25.0 Å². The Balaban J connectivity index is 2.09. The number of hydrogen-bond acceptors (Lipinski definition) is 3. The molecule has 3 heteroatoms. The van der Waals surface area contributed by atoms with Gasteiger partial charge in [-0.2, -0.15) is 0 Å². The first kappa shape index (κ1) is 11.8. The summed E-state index contributed by atoms with van der Waals surface area (Å²) in [5.74, 6) is 0.632. The Bertz CT molecular complexity index is 264. The summed E-state index contributed by atoms with van der Waals surface area (Å²) in [5, 5.41) is 0. The molecule has 0 radical (unpaired) electrons. The molecular formula is C12H18O3. The van der Waals surface area contributed by atoms with Crippen LogP contribution in [-0.4, -0.2) is 19.2 Å². The van der Waals surface area contributed by atoms with Crippen molar-refractivity contribution in [2.75, 3.05) is 13.2 Å². The van der Waals surface area contributed by atoms with E-state index in [1.807, 2.05) is 26.0 Å². The van der Waals surface area contributed by atoms with Gasteiger partial charge >= 0.3 is 5.97 Å². The SMILES string of the molecule is CC(C)C(=O)OCCOC1=CCCC=C1. The van der Waals surface area contributed by atoms with Gasteiger partial charge in [0.05, 0.1) is 5.92 Å². The van der Waals surface area contributed by atoms with Crippen molar-refractivity contribution >= 4 is 5.97 Å². The molecule has 0 saturated carbocycles. The monoisotopic (exact) mass is 210 g/mol. The minimum atomic E-state index is -0.174. The topological polar surface area (TPSA) is 35.5 Å². The number of carbonyl (C=O) groups is 1. The number of esters is 1. The predicted octanol–water partition coefficient (Wildman–Crippen LogP) is 2.44. The standard InChI is InChI=1S/C12H18O3/c1-10(2)12(13)15-9-8-14-11-6-4-3-5-7-11/h4,6-7,10H,3,5,8-9H2,1-2H3. The van der Waals surface area contributed by atoms with Crippen molar-refractivity contribution in [3.63, 3.8) is 0 Å². The van der Waals surface area contributed by atoms with Crippen molar-refractivity contribution in [2.24, 2.45) is 5.92 Å². The third kappa shape index (κ3) is 4.68. The maximum Gasteiger partial charge on any atom is 0.308 e. The Morgan fingerprint density at radius 2 is 2.20 bits per heavy atom. The zero-order valence-electron chi connectivity index (χ0n) is 9.36. The number of carbonyl (C=O) groups excluding carboxylic acids is 1. The van der Waals surface area contributed by atoms with Crippen LogP contribution in [0.3, 0.4) is 0 Å². The lowest BCUT2D eigenvalue weighted by Gasteiger charge is -2.10. The summed E-state index contributed by atoms with van der Waals surface area (Å²) >= 11 is 0. The fraction of sp³-hybridized carbons (Fsp3) is 0.583. The average molecular weight is 210 g/mol. The molecule has 0 atom stereocenters. The van der Waals surface area contributed by atoms with Crippen molar-refractivity contribution in [3.05, 3.63) is 24.0 Å². The van der Waals surface area contributed by atoms with Crippen LogP contribution in [-0.2, 0) is 14.3 Å². The van der Waals surface area contributed by atoms with Crippen molar-refractivity contribution < 1.29 is 14.3 Å². The molecule has 0 saturated heterocycles. The first-order valence-electron chi connectivity index (χ1n) is 5.36. The van der Waals surface area contributed by atoms with Crippen LogP contribution in [0.5, 0.6) is 0 Å². The molecule has 1 rings (SSSR count). The van der Waals surface area contributed by atoms with Crippen LogP contribution < -0.4 is 0 Å². The Morgan fingerprint density at radius 3 is 2.80 bits per heavy atom. The molecular weight excluding hydrogens is 192 g/mol. The molecule has 1 aliphatic rings. The maximum atomic E-state index is 11.1. The van der Waals surface area contributed by atoms with Crippen LogP contribution in [0.15, 0.2) is 24.0 Å². The molecule has 1 aliphatic carbocycles. The van der Waals surface area contributed by atoms with Gasteiger partial charge in [-0.1, -0.05) is 19.9 Å². The highest BCUT2D eigenvalue weighted by atomic mass is 16.6. The molecule has 84 valence electrons. The molecule has 0 unspecified atom stereocenters. The number of ether oxygens (including phenoxy) is 2. The van der Waals surface area contributed by atoms with E-state index in [0.717, 1.165) is 18.6 Å². The van der Waals surface area contributed by atoms with Crippen LogP contribution in [0.25, 0.3) is 0 Å². The van der Waals surface area contributed by atoms with Crippen molar-refractivity contribution in [2.45, 2.75) is 26.7 Å². The third-order valence-corrected chi connectivity index (χ3v) is 2.03. The number of rotatable bonds is 5. The van der Waals surface area contributed by atoms with Gasteiger partial charge in [0.2, 0.25) is 0 Å². The number of allylic oxidation sites excluding steroid dienone is 3. The van der Waals surface area contributed by atoms with E-state index in [9.17, 15) is 4.79 Å². The minimum absolute atomic E-state index is 0.0706. The van der Waals surface area contributed by atoms with Gasteiger partial charge in [0.1, 0.15) is 19.0 Å². The van der Waals surface area contributed by atoms with Crippen LogP contribution in [0.2, 0.25) is 0 Å². The Labute approximate surface area is 90.8 Å². The van der Waals surface area contributed by atoms with Crippen LogP contribution in [0, 0.1) is 5.92 Å². The molecule has 0 fully saturated rings. The first-order valence-corrected chi connectivity index (χ1v) is 5.36. The molecule has 0 heterocycles. The lowest BCUT2D eigenvalue weighted by molar-refractivity contribution is -0.148. The molecule has 0 amide bonds. The molecule has 0 spiro atoms. The molecule has 0 N–H and O–H groups in total. The second-order valence-electron chi connectivity index (χ2n) is 3.76. The second kappa shape index (κ2) is 6.27. The molecule has 0 aromatic carbocycles. The van der Waals surface area contributed by atoms with E-state index < -0.39 is 0 Å². The largest absolute Gasteiger partial charge is 0.490 e. The molecule has 0 aromatic rings. The Kier molecular flexibility index (Phi) is 4.95. The van der Waals surface area contributed by atoms with E-state index in [0.29, 0.717) is 13.2 Å². The van der Waals surface area contributed by atoms with Gasteiger partial charge in [0.25, 0.3) is 0 Å². The van der Waals surface area contributed by atoms with E-state index in [1.165, 1.54) is 0 Å².